The van der Waals surface area contributed by atoms with Crippen LogP contribution in [0.25, 0.3) is 0 Å². The van der Waals surface area contributed by atoms with Gasteiger partial charge in [-0.3, -0.25) is 0 Å². The normalized spacial score (nSPS) is 14.6. The largest absolute Gasteiger partial charge is 0.378 e. The molecule has 1 heteroatoms. The molecule has 0 aromatic heterocycles. The Labute approximate surface area is 90.2 Å². The van der Waals surface area contributed by atoms with Crippen LogP contribution in [0.3, 0.4) is 0 Å². The summed E-state index contributed by atoms with van der Waals surface area (Å²) in [6, 6.07) is 0. The molecule has 0 amide bonds. The molecule has 0 spiro atoms. The Kier molecular flexibility index (Phi) is 6.69. The highest BCUT2D eigenvalue weighted by molar-refractivity contribution is 4.93. The maximum atomic E-state index is 2.35. The molecule has 1 unspecified atom stereocenters. The molecule has 0 aliphatic rings. The predicted octanol–water partition coefficient (Wildman–Crippen LogP) is 3.91. The fraction of sp³-hybridized carbons (Fsp3) is 0.846. The SMILES string of the molecule is C/C=C(/C)N(C)CCC(CC)C(C)C. The van der Waals surface area contributed by atoms with E-state index < -0.39 is 0 Å². The third-order valence-electron chi connectivity index (χ3n) is 3.32. The number of rotatable bonds is 6. The molecule has 0 saturated carbocycles. The van der Waals surface area contributed by atoms with Crippen LogP contribution in [-0.2, 0) is 0 Å². The lowest BCUT2D eigenvalue weighted by atomic mass is 9.90. The summed E-state index contributed by atoms with van der Waals surface area (Å²) in [7, 11) is 2.18. The molecule has 0 aromatic carbocycles. The van der Waals surface area contributed by atoms with Crippen molar-refractivity contribution in [2.75, 3.05) is 13.6 Å². The molecule has 0 bridgehead atoms. The van der Waals surface area contributed by atoms with Crippen LogP contribution >= 0.6 is 0 Å². The monoisotopic (exact) mass is 197 g/mol. The predicted molar refractivity (Wildman–Crippen MR) is 65.3 cm³/mol. The van der Waals surface area contributed by atoms with Crippen LogP contribution in [0.4, 0.5) is 0 Å². The molecular weight excluding hydrogens is 170 g/mol. The summed E-state index contributed by atoms with van der Waals surface area (Å²) in [5, 5.41) is 0. The zero-order valence-electron chi connectivity index (χ0n) is 10.8. The lowest BCUT2D eigenvalue weighted by Crippen LogP contribution is -2.21. The number of hydrogen-bond acceptors (Lipinski definition) is 1. The second kappa shape index (κ2) is 6.92. The van der Waals surface area contributed by atoms with Gasteiger partial charge in [0.05, 0.1) is 0 Å². The van der Waals surface area contributed by atoms with Crippen molar-refractivity contribution >= 4 is 0 Å². The van der Waals surface area contributed by atoms with Crippen LogP contribution in [0.15, 0.2) is 11.8 Å². The van der Waals surface area contributed by atoms with E-state index in [4.69, 9.17) is 0 Å². The van der Waals surface area contributed by atoms with Crippen molar-refractivity contribution < 1.29 is 0 Å². The van der Waals surface area contributed by atoms with Gasteiger partial charge in [-0.25, -0.2) is 0 Å². The second-order valence-electron chi connectivity index (χ2n) is 4.55. The van der Waals surface area contributed by atoms with Gasteiger partial charge in [0, 0.05) is 19.3 Å². The molecule has 0 N–H and O–H groups in total. The maximum absolute atomic E-state index is 2.35. The van der Waals surface area contributed by atoms with Crippen molar-refractivity contribution in [1.29, 1.82) is 0 Å². The van der Waals surface area contributed by atoms with Crippen LogP contribution in [0.2, 0.25) is 0 Å². The van der Waals surface area contributed by atoms with E-state index in [1.165, 1.54) is 25.1 Å². The molecule has 0 rings (SSSR count). The van der Waals surface area contributed by atoms with Gasteiger partial charge < -0.3 is 4.90 Å². The van der Waals surface area contributed by atoms with E-state index in [1.807, 2.05) is 0 Å². The standard InChI is InChI=1S/C13H27N/c1-7-12(5)14(6)10-9-13(8-2)11(3)4/h7,11,13H,8-10H2,1-6H3/b12-7-. The van der Waals surface area contributed by atoms with Crippen LogP contribution < -0.4 is 0 Å². The first-order chi connectivity index (χ1) is 6.52. The van der Waals surface area contributed by atoms with E-state index in [9.17, 15) is 0 Å². The molecule has 0 saturated heterocycles. The molecule has 0 radical (unpaired) electrons. The van der Waals surface area contributed by atoms with Crippen molar-refractivity contribution in [3.63, 3.8) is 0 Å². The highest BCUT2D eigenvalue weighted by Crippen LogP contribution is 2.19. The summed E-state index contributed by atoms with van der Waals surface area (Å²) in [6.07, 6.45) is 4.80. The molecule has 1 nitrogen and oxygen atoms in total. The Morgan fingerprint density at radius 1 is 1.36 bits per heavy atom. The molecule has 0 fully saturated rings. The second-order valence-corrected chi connectivity index (χ2v) is 4.55. The highest BCUT2D eigenvalue weighted by Gasteiger charge is 2.11. The summed E-state index contributed by atoms with van der Waals surface area (Å²) in [6.45, 7) is 12.4. The first kappa shape index (κ1) is 13.5. The maximum Gasteiger partial charge on any atom is 0.0174 e. The van der Waals surface area contributed by atoms with Crippen molar-refractivity contribution in [2.45, 2.75) is 47.5 Å². The van der Waals surface area contributed by atoms with E-state index in [1.54, 1.807) is 0 Å². The van der Waals surface area contributed by atoms with Gasteiger partial charge in [-0.05, 0) is 32.1 Å². The van der Waals surface area contributed by atoms with Gasteiger partial charge in [-0.15, -0.1) is 0 Å². The molecular formula is C13H27N. The Balaban J connectivity index is 3.91. The molecule has 0 aromatic rings. The zero-order valence-corrected chi connectivity index (χ0v) is 10.8. The Hall–Kier alpha value is -0.460. The minimum atomic E-state index is 0.819. The van der Waals surface area contributed by atoms with Gasteiger partial charge in [0.25, 0.3) is 0 Å². The van der Waals surface area contributed by atoms with Crippen molar-refractivity contribution in [3.8, 4) is 0 Å². The average Bonchev–Trinajstić information content (AvgIpc) is 2.16. The van der Waals surface area contributed by atoms with Gasteiger partial charge >= 0.3 is 0 Å². The Morgan fingerprint density at radius 3 is 2.29 bits per heavy atom. The van der Waals surface area contributed by atoms with Crippen LogP contribution in [0.1, 0.15) is 47.5 Å². The number of nitrogens with zero attached hydrogens (tertiary/aromatic N) is 1. The third-order valence-corrected chi connectivity index (χ3v) is 3.32. The molecule has 14 heavy (non-hydrogen) atoms. The van der Waals surface area contributed by atoms with Crippen LogP contribution in [-0.4, -0.2) is 18.5 Å². The first-order valence-corrected chi connectivity index (χ1v) is 5.86. The average molecular weight is 197 g/mol. The Morgan fingerprint density at radius 2 is 1.93 bits per heavy atom. The minimum absolute atomic E-state index is 0.819. The summed E-state index contributed by atoms with van der Waals surface area (Å²) in [5.41, 5.74) is 1.38. The van der Waals surface area contributed by atoms with Crippen LogP contribution in [0, 0.1) is 11.8 Å². The number of allylic oxidation sites excluding steroid dienone is 2. The molecule has 0 aliphatic heterocycles. The quantitative estimate of drug-likeness (QED) is 0.624. The summed E-state index contributed by atoms with van der Waals surface area (Å²) in [5.74, 6) is 1.70. The Bertz CT molecular complexity index is 170. The number of hydrogen-bond donors (Lipinski definition) is 0. The van der Waals surface area contributed by atoms with E-state index in [2.05, 4.69) is 52.6 Å². The van der Waals surface area contributed by atoms with Crippen molar-refractivity contribution in [3.05, 3.63) is 11.8 Å². The van der Waals surface area contributed by atoms with E-state index in [0.717, 1.165) is 11.8 Å². The minimum Gasteiger partial charge on any atom is -0.378 e. The third kappa shape index (κ3) is 4.69. The van der Waals surface area contributed by atoms with Crippen molar-refractivity contribution in [1.82, 2.24) is 4.90 Å². The van der Waals surface area contributed by atoms with Crippen molar-refractivity contribution in [2.24, 2.45) is 11.8 Å². The highest BCUT2D eigenvalue weighted by atomic mass is 15.1. The molecule has 0 heterocycles. The zero-order chi connectivity index (χ0) is 11.1. The lowest BCUT2D eigenvalue weighted by Gasteiger charge is -2.25. The van der Waals surface area contributed by atoms with Gasteiger partial charge in [0.1, 0.15) is 0 Å². The van der Waals surface area contributed by atoms with Crippen LogP contribution in [0.5, 0.6) is 0 Å². The van der Waals surface area contributed by atoms with Gasteiger partial charge in [0.2, 0.25) is 0 Å². The summed E-state index contributed by atoms with van der Waals surface area (Å²) in [4.78, 5) is 2.35. The van der Waals surface area contributed by atoms with Gasteiger partial charge in [0.15, 0.2) is 0 Å². The van der Waals surface area contributed by atoms with E-state index in [-0.39, 0.29) is 0 Å². The molecule has 1 atom stereocenters. The van der Waals surface area contributed by atoms with E-state index in [0.29, 0.717) is 0 Å². The summed E-state index contributed by atoms with van der Waals surface area (Å²) < 4.78 is 0. The van der Waals surface area contributed by atoms with Gasteiger partial charge in [-0.1, -0.05) is 33.3 Å². The first-order valence-electron chi connectivity index (χ1n) is 5.86. The topological polar surface area (TPSA) is 3.24 Å². The fourth-order valence-corrected chi connectivity index (χ4v) is 1.77. The molecule has 84 valence electrons. The summed E-state index contributed by atoms with van der Waals surface area (Å²) >= 11 is 0. The fourth-order valence-electron chi connectivity index (χ4n) is 1.77. The van der Waals surface area contributed by atoms with E-state index >= 15 is 0 Å². The van der Waals surface area contributed by atoms with Gasteiger partial charge in [-0.2, -0.15) is 0 Å². The lowest BCUT2D eigenvalue weighted by molar-refractivity contribution is 0.296. The smallest absolute Gasteiger partial charge is 0.0174 e. The molecule has 0 aliphatic carbocycles.